The van der Waals surface area contributed by atoms with Crippen LogP contribution in [0.3, 0.4) is 0 Å². The Morgan fingerprint density at radius 3 is 2.56 bits per heavy atom. The number of rotatable bonds is 2. The first-order chi connectivity index (χ1) is 8.78. The molecule has 1 N–H and O–H groups in total. The van der Waals surface area contributed by atoms with Crippen LogP contribution in [0.1, 0.15) is 17.5 Å². The van der Waals surface area contributed by atoms with Gasteiger partial charge < -0.3 is 15.0 Å². The maximum atomic E-state index is 12.4. The highest BCUT2D eigenvalue weighted by Gasteiger charge is 2.34. The second-order valence-electron chi connectivity index (χ2n) is 5.02. The maximum absolute atomic E-state index is 12.4. The summed E-state index contributed by atoms with van der Waals surface area (Å²) in [6, 6.07) is 8.18. The standard InChI is InChI=1S/C14H18N2O2/c1-18-12-6-13(15-7-12)14(17)16-8-10-4-2-3-5-11(10)9-16/h2-5,12-13,15H,6-9H2,1H3. The van der Waals surface area contributed by atoms with Gasteiger partial charge in [0, 0.05) is 26.7 Å². The quantitative estimate of drug-likeness (QED) is 0.843. The fraction of sp³-hybridized carbons (Fsp3) is 0.500. The van der Waals surface area contributed by atoms with E-state index in [2.05, 4.69) is 17.4 Å². The van der Waals surface area contributed by atoms with Gasteiger partial charge in [-0.05, 0) is 17.5 Å². The lowest BCUT2D eigenvalue weighted by Crippen LogP contribution is -2.40. The van der Waals surface area contributed by atoms with Gasteiger partial charge in [0.05, 0.1) is 12.1 Å². The first-order valence-corrected chi connectivity index (χ1v) is 6.39. The number of ether oxygens (including phenoxy) is 1. The second-order valence-corrected chi connectivity index (χ2v) is 5.02. The molecule has 0 saturated carbocycles. The molecule has 1 saturated heterocycles. The smallest absolute Gasteiger partial charge is 0.240 e. The van der Waals surface area contributed by atoms with E-state index in [0.717, 1.165) is 26.1 Å². The SMILES string of the molecule is COC1CNC(C(=O)N2Cc3ccccc3C2)C1. The van der Waals surface area contributed by atoms with Crippen LogP contribution in [0.4, 0.5) is 0 Å². The average molecular weight is 246 g/mol. The van der Waals surface area contributed by atoms with E-state index in [-0.39, 0.29) is 18.1 Å². The van der Waals surface area contributed by atoms with E-state index in [4.69, 9.17) is 4.74 Å². The van der Waals surface area contributed by atoms with Crippen molar-refractivity contribution in [1.82, 2.24) is 10.2 Å². The number of hydrogen-bond donors (Lipinski definition) is 1. The third kappa shape index (κ3) is 2.02. The molecule has 2 heterocycles. The molecule has 1 amide bonds. The van der Waals surface area contributed by atoms with E-state index >= 15 is 0 Å². The van der Waals surface area contributed by atoms with Crippen molar-refractivity contribution < 1.29 is 9.53 Å². The molecule has 1 fully saturated rings. The lowest BCUT2D eigenvalue weighted by Gasteiger charge is -2.20. The van der Waals surface area contributed by atoms with Gasteiger partial charge >= 0.3 is 0 Å². The van der Waals surface area contributed by atoms with Crippen LogP contribution in [0.15, 0.2) is 24.3 Å². The van der Waals surface area contributed by atoms with Crippen LogP contribution in [-0.4, -0.2) is 36.6 Å². The molecule has 2 unspecified atom stereocenters. The van der Waals surface area contributed by atoms with Crippen LogP contribution in [-0.2, 0) is 22.6 Å². The zero-order valence-corrected chi connectivity index (χ0v) is 10.6. The molecule has 0 aromatic heterocycles. The van der Waals surface area contributed by atoms with E-state index < -0.39 is 0 Å². The number of methoxy groups -OCH3 is 1. The van der Waals surface area contributed by atoms with Crippen LogP contribution in [0, 0.1) is 0 Å². The number of amides is 1. The fourth-order valence-electron chi connectivity index (χ4n) is 2.78. The number of fused-ring (bicyclic) bond motifs is 1. The third-order valence-corrected chi connectivity index (χ3v) is 3.87. The van der Waals surface area contributed by atoms with Gasteiger partial charge in [0.25, 0.3) is 0 Å². The molecule has 18 heavy (non-hydrogen) atoms. The Bertz CT molecular complexity index is 436. The first-order valence-electron chi connectivity index (χ1n) is 6.39. The summed E-state index contributed by atoms with van der Waals surface area (Å²) in [5, 5.41) is 3.24. The second kappa shape index (κ2) is 4.71. The fourth-order valence-corrected chi connectivity index (χ4v) is 2.78. The van der Waals surface area contributed by atoms with E-state index in [1.165, 1.54) is 11.1 Å². The molecule has 2 aliphatic heterocycles. The lowest BCUT2D eigenvalue weighted by molar-refractivity contribution is -0.133. The van der Waals surface area contributed by atoms with Crippen LogP contribution >= 0.6 is 0 Å². The molecule has 0 radical (unpaired) electrons. The molecular formula is C14H18N2O2. The predicted octanol–water partition coefficient (Wildman–Crippen LogP) is 0.906. The van der Waals surface area contributed by atoms with Gasteiger partial charge in [-0.25, -0.2) is 0 Å². The Kier molecular flexibility index (Phi) is 3.06. The number of carbonyl (C=O) groups excluding carboxylic acids is 1. The minimum Gasteiger partial charge on any atom is -0.380 e. The summed E-state index contributed by atoms with van der Waals surface area (Å²) >= 11 is 0. The molecule has 2 atom stereocenters. The molecule has 0 bridgehead atoms. The van der Waals surface area contributed by atoms with E-state index in [1.807, 2.05) is 17.0 Å². The zero-order valence-electron chi connectivity index (χ0n) is 10.6. The molecule has 4 heteroatoms. The molecular weight excluding hydrogens is 228 g/mol. The van der Waals surface area contributed by atoms with Gasteiger partial charge in [-0.15, -0.1) is 0 Å². The van der Waals surface area contributed by atoms with Crippen molar-refractivity contribution in [3.05, 3.63) is 35.4 Å². The highest BCUT2D eigenvalue weighted by molar-refractivity contribution is 5.83. The average Bonchev–Trinajstić information content (AvgIpc) is 3.04. The van der Waals surface area contributed by atoms with Gasteiger partial charge in [0.1, 0.15) is 0 Å². The largest absolute Gasteiger partial charge is 0.380 e. The van der Waals surface area contributed by atoms with E-state index in [1.54, 1.807) is 7.11 Å². The number of nitrogens with one attached hydrogen (secondary N) is 1. The summed E-state index contributed by atoms with van der Waals surface area (Å²) in [5.41, 5.74) is 2.54. The maximum Gasteiger partial charge on any atom is 0.240 e. The number of hydrogen-bond acceptors (Lipinski definition) is 3. The summed E-state index contributed by atoms with van der Waals surface area (Å²) in [6.45, 7) is 2.25. The molecule has 3 rings (SSSR count). The number of carbonyl (C=O) groups is 1. The highest BCUT2D eigenvalue weighted by Crippen LogP contribution is 2.24. The Morgan fingerprint density at radius 2 is 2.00 bits per heavy atom. The normalized spacial score (nSPS) is 26.4. The first kappa shape index (κ1) is 11.7. The Balaban J connectivity index is 1.66. The van der Waals surface area contributed by atoms with Crippen molar-refractivity contribution in [2.24, 2.45) is 0 Å². The van der Waals surface area contributed by atoms with Crippen molar-refractivity contribution in [2.45, 2.75) is 31.7 Å². The number of benzene rings is 1. The van der Waals surface area contributed by atoms with Crippen LogP contribution < -0.4 is 5.32 Å². The van der Waals surface area contributed by atoms with Gasteiger partial charge in [0.15, 0.2) is 0 Å². The van der Waals surface area contributed by atoms with Gasteiger partial charge in [0.2, 0.25) is 5.91 Å². The summed E-state index contributed by atoms with van der Waals surface area (Å²) in [5.74, 6) is 0.200. The summed E-state index contributed by atoms with van der Waals surface area (Å²) in [4.78, 5) is 14.3. The van der Waals surface area contributed by atoms with Crippen molar-refractivity contribution in [3.8, 4) is 0 Å². The van der Waals surface area contributed by atoms with Crippen LogP contribution in [0.2, 0.25) is 0 Å². The molecule has 96 valence electrons. The molecule has 1 aromatic carbocycles. The van der Waals surface area contributed by atoms with Crippen molar-refractivity contribution in [3.63, 3.8) is 0 Å². The molecule has 0 spiro atoms. The van der Waals surface area contributed by atoms with Crippen molar-refractivity contribution in [1.29, 1.82) is 0 Å². The lowest BCUT2D eigenvalue weighted by atomic mass is 10.1. The predicted molar refractivity (Wildman–Crippen MR) is 67.9 cm³/mol. The summed E-state index contributed by atoms with van der Waals surface area (Å²) in [6.07, 6.45) is 0.950. The zero-order chi connectivity index (χ0) is 12.5. The van der Waals surface area contributed by atoms with E-state index in [9.17, 15) is 4.79 Å². The third-order valence-electron chi connectivity index (χ3n) is 3.87. The summed E-state index contributed by atoms with van der Waals surface area (Å²) < 4.78 is 5.28. The topological polar surface area (TPSA) is 41.6 Å². The van der Waals surface area contributed by atoms with Gasteiger partial charge in [-0.1, -0.05) is 24.3 Å². The van der Waals surface area contributed by atoms with Gasteiger partial charge in [-0.3, -0.25) is 4.79 Å². The van der Waals surface area contributed by atoms with E-state index in [0.29, 0.717) is 0 Å². The molecule has 0 aliphatic carbocycles. The Hall–Kier alpha value is -1.39. The number of nitrogens with zero attached hydrogens (tertiary/aromatic N) is 1. The minimum atomic E-state index is -0.0794. The van der Waals surface area contributed by atoms with Crippen molar-refractivity contribution >= 4 is 5.91 Å². The molecule has 1 aromatic rings. The Morgan fingerprint density at radius 1 is 1.33 bits per heavy atom. The van der Waals surface area contributed by atoms with Crippen LogP contribution in [0.5, 0.6) is 0 Å². The van der Waals surface area contributed by atoms with Gasteiger partial charge in [-0.2, -0.15) is 0 Å². The Labute approximate surface area is 107 Å². The minimum absolute atomic E-state index is 0.0794. The monoisotopic (exact) mass is 246 g/mol. The highest BCUT2D eigenvalue weighted by atomic mass is 16.5. The van der Waals surface area contributed by atoms with Crippen molar-refractivity contribution in [2.75, 3.05) is 13.7 Å². The molecule has 2 aliphatic rings. The molecule has 4 nitrogen and oxygen atoms in total. The summed E-state index contributed by atoms with van der Waals surface area (Å²) in [7, 11) is 1.70. The van der Waals surface area contributed by atoms with Crippen LogP contribution in [0.25, 0.3) is 0 Å².